The van der Waals surface area contributed by atoms with Crippen molar-refractivity contribution in [3.05, 3.63) is 30.1 Å². The molecule has 2 N–H and O–H groups in total. The zero-order valence-electron chi connectivity index (χ0n) is 12.5. The fourth-order valence-electron chi connectivity index (χ4n) is 2.46. The van der Waals surface area contributed by atoms with Crippen LogP contribution >= 0.6 is 0 Å². The average molecular weight is 276 g/mol. The van der Waals surface area contributed by atoms with Crippen molar-refractivity contribution in [2.24, 2.45) is 0 Å². The number of H-pyrrole nitrogens is 1. The van der Waals surface area contributed by atoms with Gasteiger partial charge in [0.1, 0.15) is 12.2 Å². The molecule has 0 bridgehead atoms. The Bertz CT molecular complexity index is 485. The number of aromatic nitrogens is 5. The van der Waals surface area contributed by atoms with E-state index in [4.69, 9.17) is 5.10 Å². The minimum atomic E-state index is 0.132. The normalized spacial score (nSPS) is 13.0. The summed E-state index contributed by atoms with van der Waals surface area (Å²) >= 11 is 0. The first kappa shape index (κ1) is 14.7. The summed E-state index contributed by atoms with van der Waals surface area (Å²) in [5, 5.41) is 15.0. The van der Waals surface area contributed by atoms with Crippen molar-refractivity contribution >= 4 is 0 Å². The fourth-order valence-corrected chi connectivity index (χ4v) is 2.46. The number of hydrogen-bond donors (Lipinski definition) is 2. The maximum atomic E-state index is 4.70. The van der Waals surface area contributed by atoms with Gasteiger partial charge < -0.3 is 5.32 Å². The molecule has 6 nitrogen and oxygen atoms in total. The molecule has 0 aromatic carbocycles. The Hall–Kier alpha value is -1.69. The van der Waals surface area contributed by atoms with Gasteiger partial charge in [-0.05, 0) is 25.5 Å². The molecule has 0 amide bonds. The highest BCUT2D eigenvalue weighted by atomic mass is 15.3. The van der Waals surface area contributed by atoms with E-state index in [1.54, 1.807) is 6.33 Å². The van der Waals surface area contributed by atoms with Gasteiger partial charge in [0.25, 0.3) is 0 Å². The average Bonchev–Trinajstić information content (AvgIpc) is 3.11. The molecule has 6 heteroatoms. The largest absolute Gasteiger partial charge is 0.307 e. The van der Waals surface area contributed by atoms with E-state index in [9.17, 15) is 0 Å². The Morgan fingerprint density at radius 2 is 2.10 bits per heavy atom. The highest BCUT2D eigenvalue weighted by molar-refractivity contribution is 5.06. The highest BCUT2D eigenvalue weighted by Gasteiger charge is 2.16. The van der Waals surface area contributed by atoms with Crippen LogP contribution in [0.4, 0.5) is 0 Å². The third-order valence-electron chi connectivity index (χ3n) is 3.61. The standard InChI is InChI=1S/C14H24N6/c1-4-12(5-2)20-8-7-11(19-20)9-13(15-6-3)14-16-10-17-18-14/h7-8,10,12-13,15H,4-6,9H2,1-3H3,(H,16,17,18). The molecule has 20 heavy (non-hydrogen) atoms. The molecular weight excluding hydrogens is 252 g/mol. The Morgan fingerprint density at radius 1 is 1.30 bits per heavy atom. The molecule has 2 aromatic heterocycles. The predicted molar refractivity (Wildman–Crippen MR) is 78.4 cm³/mol. The van der Waals surface area contributed by atoms with Crippen LogP contribution in [0.25, 0.3) is 0 Å². The Kier molecular flexibility index (Phi) is 5.29. The molecule has 1 unspecified atom stereocenters. The van der Waals surface area contributed by atoms with Crippen molar-refractivity contribution in [1.82, 2.24) is 30.3 Å². The second-order valence-electron chi connectivity index (χ2n) is 4.94. The van der Waals surface area contributed by atoms with Gasteiger partial charge in [-0.25, -0.2) is 4.98 Å². The lowest BCUT2D eigenvalue weighted by Gasteiger charge is -2.14. The molecule has 0 aliphatic heterocycles. The van der Waals surface area contributed by atoms with Gasteiger partial charge in [0.05, 0.1) is 17.8 Å². The molecule has 0 spiro atoms. The third kappa shape index (κ3) is 3.45. The first-order valence-electron chi connectivity index (χ1n) is 7.41. The molecular formula is C14H24N6. The lowest BCUT2D eigenvalue weighted by atomic mass is 10.1. The summed E-state index contributed by atoms with van der Waals surface area (Å²) in [5.74, 6) is 0.865. The van der Waals surface area contributed by atoms with Crippen molar-refractivity contribution in [3.8, 4) is 0 Å². The van der Waals surface area contributed by atoms with E-state index in [2.05, 4.69) is 58.2 Å². The number of hydrogen-bond acceptors (Lipinski definition) is 4. The van der Waals surface area contributed by atoms with Gasteiger partial charge in [0.2, 0.25) is 0 Å². The fraction of sp³-hybridized carbons (Fsp3) is 0.643. The van der Waals surface area contributed by atoms with Gasteiger partial charge >= 0.3 is 0 Å². The van der Waals surface area contributed by atoms with Crippen LogP contribution in [0.1, 0.15) is 57.2 Å². The van der Waals surface area contributed by atoms with Gasteiger partial charge in [-0.2, -0.15) is 10.2 Å². The maximum absolute atomic E-state index is 4.70. The van der Waals surface area contributed by atoms with Crippen molar-refractivity contribution in [3.63, 3.8) is 0 Å². The Labute approximate surface area is 120 Å². The molecule has 0 saturated carbocycles. The van der Waals surface area contributed by atoms with Crippen LogP contribution in [0.15, 0.2) is 18.6 Å². The summed E-state index contributed by atoms with van der Waals surface area (Å²) in [6, 6.07) is 2.72. The highest BCUT2D eigenvalue weighted by Crippen LogP contribution is 2.17. The van der Waals surface area contributed by atoms with E-state index in [1.807, 2.05) is 0 Å². The zero-order chi connectivity index (χ0) is 14.4. The smallest absolute Gasteiger partial charge is 0.141 e. The summed E-state index contributed by atoms with van der Waals surface area (Å²) in [6.07, 6.45) is 6.65. The molecule has 0 aliphatic carbocycles. The molecule has 0 radical (unpaired) electrons. The Balaban J connectivity index is 2.07. The minimum absolute atomic E-state index is 0.132. The summed E-state index contributed by atoms with van der Waals surface area (Å²) in [4.78, 5) is 4.24. The zero-order valence-corrected chi connectivity index (χ0v) is 12.5. The first-order valence-corrected chi connectivity index (χ1v) is 7.41. The number of nitrogens with one attached hydrogen (secondary N) is 2. The predicted octanol–water partition coefficient (Wildman–Crippen LogP) is 2.26. The van der Waals surface area contributed by atoms with E-state index in [0.29, 0.717) is 6.04 Å². The second kappa shape index (κ2) is 7.19. The van der Waals surface area contributed by atoms with E-state index < -0.39 is 0 Å². The van der Waals surface area contributed by atoms with Crippen molar-refractivity contribution < 1.29 is 0 Å². The van der Waals surface area contributed by atoms with Crippen molar-refractivity contribution in [1.29, 1.82) is 0 Å². The quantitative estimate of drug-likeness (QED) is 0.775. The van der Waals surface area contributed by atoms with Gasteiger partial charge in [0.15, 0.2) is 0 Å². The second-order valence-corrected chi connectivity index (χ2v) is 4.94. The van der Waals surface area contributed by atoms with Crippen LogP contribution in [-0.4, -0.2) is 31.5 Å². The molecule has 0 fully saturated rings. The van der Waals surface area contributed by atoms with Gasteiger partial charge in [-0.15, -0.1) is 0 Å². The minimum Gasteiger partial charge on any atom is -0.307 e. The monoisotopic (exact) mass is 276 g/mol. The van der Waals surface area contributed by atoms with E-state index in [0.717, 1.165) is 37.3 Å². The van der Waals surface area contributed by atoms with Crippen LogP contribution in [0.3, 0.4) is 0 Å². The molecule has 2 rings (SSSR count). The molecule has 2 aromatic rings. The number of likely N-dealkylation sites (N-methyl/N-ethyl adjacent to an activating group) is 1. The maximum Gasteiger partial charge on any atom is 0.141 e. The lowest BCUT2D eigenvalue weighted by molar-refractivity contribution is 0.421. The summed E-state index contributed by atoms with van der Waals surface area (Å²) < 4.78 is 2.08. The van der Waals surface area contributed by atoms with E-state index in [1.165, 1.54) is 0 Å². The summed E-state index contributed by atoms with van der Waals surface area (Å²) in [5.41, 5.74) is 1.08. The summed E-state index contributed by atoms with van der Waals surface area (Å²) in [6.45, 7) is 7.38. The topological polar surface area (TPSA) is 71.4 Å². The number of rotatable bonds is 8. The molecule has 0 saturated heterocycles. The molecule has 0 aliphatic rings. The van der Waals surface area contributed by atoms with E-state index in [-0.39, 0.29) is 6.04 Å². The van der Waals surface area contributed by atoms with Crippen LogP contribution in [0.5, 0.6) is 0 Å². The van der Waals surface area contributed by atoms with Gasteiger partial charge in [0, 0.05) is 12.6 Å². The first-order chi connectivity index (χ1) is 9.78. The van der Waals surface area contributed by atoms with Crippen molar-refractivity contribution in [2.45, 2.75) is 52.1 Å². The Morgan fingerprint density at radius 3 is 2.70 bits per heavy atom. The number of nitrogens with zero attached hydrogens (tertiary/aromatic N) is 4. The summed E-state index contributed by atoms with van der Waals surface area (Å²) in [7, 11) is 0. The van der Waals surface area contributed by atoms with Crippen LogP contribution in [-0.2, 0) is 6.42 Å². The lowest BCUT2D eigenvalue weighted by Crippen LogP contribution is -2.24. The third-order valence-corrected chi connectivity index (χ3v) is 3.61. The van der Waals surface area contributed by atoms with Gasteiger partial charge in [-0.3, -0.25) is 9.78 Å². The van der Waals surface area contributed by atoms with Crippen molar-refractivity contribution in [2.75, 3.05) is 6.54 Å². The number of aromatic amines is 1. The van der Waals surface area contributed by atoms with E-state index >= 15 is 0 Å². The van der Waals surface area contributed by atoms with Crippen LogP contribution in [0.2, 0.25) is 0 Å². The molecule has 1 atom stereocenters. The molecule has 2 heterocycles. The molecule has 110 valence electrons. The van der Waals surface area contributed by atoms with Gasteiger partial charge in [-0.1, -0.05) is 20.8 Å². The van der Waals surface area contributed by atoms with Crippen LogP contribution in [0, 0.1) is 0 Å². The SMILES string of the molecule is CCNC(Cc1ccn(C(CC)CC)n1)c1ncn[nH]1. The van der Waals surface area contributed by atoms with Crippen LogP contribution < -0.4 is 5.32 Å².